The van der Waals surface area contributed by atoms with Gasteiger partial charge in [0.15, 0.2) is 0 Å². The molecule has 0 amide bonds. The minimum Gasteiger partial charge on any atom is -0.478 e. The number of unbranched alkanes of at least 4 members (excludes halogenated alkanes) is 4. The topological polar surface area (TPSA) is 40.5 Å². The van der Waals surface area contributed by atoms with Crippen LogP contribution in [0, 0.1) is 0 Å². The van der Waals surface area contributed by atoms with Gasteiger partial charge in [0.05, 0.1) is 11.3 Å². The van der Waals surface area contributed by atoms with Crippen molar-refractivity contribution in [3.8, 4) is 0 Å². The fourth-order valence-corrected chi connectivity index (χ4v) is 2.59. The fraction of sp³-hybridized carbons (Fsp3) is 0.588. The Morgan fingerprint density at radius 1 is 1.10 bits per heavy atom. The summed E-state index contributed by atoms with van der Waals surface area (Å²) in [5.74, 6) is -0.913. The lowest BCUT2D eigenvalue weighted by molar-refractivity contribution is 0.0697. The van der Waals surface area contributed by atoms with Gasteiger partial charge in [-0.3, -0.25) is 0 Å². The number of hydrogen-bond donors (Lipinski definition) is 1. The van der Waals surface area contributed by atoms with Crippen LogP contribution >= 0.6 is 11.6 Å². The molecule has 0 aromatic heterocycles. The average Bonchev–Trinajstić information content (AvgIpc) is 2.46. The summed E-state index contributed by atoms with van der Waals surface area (Å²) in [6.45, 7) is 6.15. The molecule has 0 aliphatic rings. The smallest absolute Gasteiger partial charge is 0.337 e. The first-order valence-electron chi connectivity index (χ1n) is 7.88. The molecule has 0 saturated heterocycles. The highest BCUT2D eigenvalue weighted by atomic mass is 35.5. The van der Waals surface area contributed by atoms with E-state index in [1.54, 1.807) is 12.1 Å². The molecular formula is C17H26ClNO2. The van der Waals surface area contributed by atoms with Crippen molar-refractivity contribution in [2.45, 2.75) is 52.4 Å². The van der Waals surface area contributed by atoms with Crippen LogP contribution in [0.4, 0.5) is 5.69 Å². The Morgan fingerprint density at radius 3 is 2.14 bits per heavy atom. The largest absolute Gasteiger partial charge is 0.478 e. The first-order chi connectivity index (χ1) is 10.1. The summed E-state index contributed by atoms with van der Waals surface area (Å²) in [5.41, 5.74) is 1.09. The third-order valence-corrected chi connectivity index (χ3v) is 3.83. The minimum absolute atomic E-state index is 0.301. The van der Waals surface area contributed by atoms with Crippen molar-refractivity contribution >= 4 is 23.3 Å². The summed E-state index contributed by atoms with van der Waals surface area (Å²) in [6.07, 6.45) is 6.83. The van der Waals surface area contributed by atoms with Crippen LogP contribution in [0.1, 0.15) is 62.7 Å². The van der Waals surface area contributed by atoms with E-state index >= 15 is 0 Å². The molecule has 1 aromatic carbocycles. The molecule has 4 heteroatoms. The Labute approximate surface area is 132 Å². The van der Waals surface area contributed by atoms with Crippen molar-refractivity contribution in [1.29, 1.82) is 0 Å². The highest BCUT2D eigenvalue weighted by Crippen LogP contribution is 2.25. The maximum atomic E-state index is 11.5. The number of carbonyl (C=O) groups is 1. The van der Waals surface area contributed by atoms with Crippen LogP contribution < -0.4 is 4.90 Å². The van der Waals surface area contributed by atoms with E-state index in [0.717, 1.165) is 44.5 Å². The van der Waals surface area contributed by atoms with Crippen molar-refractivity contribution in [3.05, 3.63) is 28.8 Å². The molecule has 0 fully saturated rings. The van der Waals surface area contributed by atoms with Gasteiger partial charge in [-0.2, -0.15) is 0 Å². The molecule has 0 spiro atoms. The van der Waals surface area contributed by atoms with Crippen molar-refractivity contribution in [1.82, 2.24) is 0 Å². The van der Waals surface area contributed by atoms with Gasteiger partial charge in [0.1, 0.15) is 0 Å². The maximum Gasteiger partial charge on any atom is 0.337 e. The maximum absolute atomic E-state index is 11.5. The van der Waals surface area contributed by atoms with E-state index in [2.05, 4.69) is 18.7 Å². The summed E-state index contributed by atoms with van der Waals surface area (Å²) < 4.78 is 0. The Hall–Kier alpha value is -1.22. The van der Waals surface area contributed by atoms with Crippen molar-refractivity contribution in [2.24, 2.45) is 0 Å². The zero-order chi connectivity index (χ0) is 15.7. The number of hydrogen-bond acceptors (Lipinski definition) is 2. The van der Waals surface area contributed by atoms with Crippen LogP contribution in [0.25, 0.3) is 0 Å². The van der Waals surface area contributed by atoms with Gasteiger partial charge < -0.3 is 10.0 Å². The number of carboxylic acid groups (broad SMARTS) is 1. The third kappa shape index (κ3) is 5.96. The van der Waals surface area contributed by atoms with Crippen molar-refractivity contribution < 1.29 is 9.90 Å². The number of nitrogens with zero attached hydrogens (tertiary/aromatic N) is 1. The second-order valence-corrected chi connectivity index (χ2v) is 5.80. The van der Waals surface area contributed by atoms with Gasteiger partial charge in [0.2, 0.25) is 0 Å². The van der Waals surface area contributed by atoms with Crippen LogP contribution in [-0.2, 0) is 0 Å². The number of carboxylic acids is 1. The molecule has 3 nitrogen and oxygen atoms in total. The van der Waals surface area contributed by atoms with E-state index in [4.69, 9.17) is 11.6 Å². The molecule has 21 heavy (non-hydrogen) atoms. The lowest BCUT2D eigenvalue weighted by Crippen LogP contribution is -2.27. The van der Waals surface area contributed by atoms with Gasteiger partial charge in [-0.1, -0.05) is 51.1 Å². The van der Waals surface area contributed by atoms with Gasteiger partial charge in [-0.25, -0.2) is 4.79 Å². The molecule has 0 atom stereocenters. The predicted octanol–water partition coefficient (Wildman–Crippen LogP) is 5.23. The van der Waals surface area contributed by atoms with Crippen LogP contribution in [0.5, 0.6) is 0 Å². The molecule has 0 aliphatic heterocycles. The Bertz CT molecular complexity index is 438. The van der Waals surface area contributed by atoms with Crippen molar-refractivity contribution in [3.63, 3.8) is 0 Å². The van der Waals surface area contributed by atoms with Gasteiger partial charge in [0, 0.05) is 18.1 Å². The van der Waals surface area contributed by atoms with E-state index in [-0.39, 0.29) is 0 Å². The van der Waals surface area contributed by atoms with E-state index < -0.39 is 5.97 Å². The molecule has 0 radical (unpaired) electrons. The number of benzene rings is 1. The summed E-state index contributed by atoms with van der Waals surface area (Å²) in [6, 6.07) is 5.16. The molecule has 0 aliphatic carbocycles. The normalized spacial score (nSPS) is 10.6. The third-order valence-electron chi connectivity index (χ3n) is 3.59. The van der Waals surface area contributed by atoms with E-state index in [9.17, 15) is 9.90 Å². The summed E-state index contributed by atoms with van der Waals surface area (Å²) in [5, 5.41) is 9.87. The molecule has 1 rings (SSSR count). The minimum atomic E-state index is -0.913. The van der Waals surface area contributed by atoms with Crippen LogP contribution in [0.2, 0.25) is 5.02 Å². The molecule has 0 unspecified atom stereocenters. The zero-order valence-corrected chi connectivity index (χ0v) is 13.8. The standard InChI is InChI=1S/C17H26ClNO2/c1-3-5-7-11-19(12-8-6-4-2)16-10-9-14(18)13-15(16)17(20)21/h9-10,13H,3-8,11-12H2,1-2H3,(H,20,21). The molecular weight excluding hydrogens is 286 g/mol. The highest BCUT2D eigenvalue weighted by molar-refractivity contribution is 6.31. The fourth-order valence-electron chi connectivity index (χ4n) is 2.41. The van der Waals surface area contributed by atoms with Gasteiger partial charge in [-0.05, 0) is 31.0 Å². The second kappa shape index (κ2) is 9.67. The summed E-state index contributed by atoms with van der Waals surface area (Å²) in [7, 11) is 0. The number of anilines is 1. The molecule has 1 aromatic rings. The van der Waals surface area contributed by atoms with E-state index in [0.29, 0.717) is 10.6 Å². The lowest BCUT2D eigenvalue weighted by atomic mass is 10.1. The monoisotopic (exact) mass is 311 g/mol. The van der Waals surface area contributed by atoms with E-state index in [1.807, 2.05) is 6.07 Å². The predicted molar refractivity (Wildman–Crippen MR) is 89.7 cm³/mol. The van der Waals surface area contributed by atoms with Crippen LogP contribution in [-0.4, -0.2) is 24.2 Å². The number of rotatable bonds is 10. The zero-order valence-electron chi connectivity index (χ0n) is 13.1. The average molecular weight is 312 g/mol. The van der Waals surface area contributed by atoms with E-state index in [1.165, 1.54) is 12.8 Å². The molecule has 118 valence electrons. The van der Waals surface area contributed by atoms with Crippen LogP contribution in [0.3, 0.4) is 0 Å². The molecule has 0 saturated carbocycles. The van der Waals surface area contributed by atoms with Gasteiger partial charge >= 0.3 is 5.97 Å². The van der Waals surface area contributed by atoms with Crippen LogP contribution in [0.15, 0.2) is 18.2 Å². The van der Waals surface area contributed by atoms with Gasteiger partial charge in [0.25, 0.3) is 0 Å². The molecule has 0 heterocycles. The molecule has 1 N–H and O–H groups in total. The quantitative estimate of drug-likeness (QED) is 0.602. The molecule has 0 bridgehead atoms. The Kier molecular flexibility index (Phi) is 8.21. The summed E-state index contributed by atoms with van der Waals surface area (Å²) in [4.78, 5) is 13.7. The lowest BCUT2D eigenvalue weighted by Gasteiger charge is -2.26. The SMILES string of the molecule is CCCCCN(CCCCC)c1ccc(Cl)cc1C(=O)O. The Morgan fingerprint density at radius 2 is 1.67 bits per heavy atom. The number of halogens is 1. The Balaban J connectivity index is 2.91. The highest BCUT2D eigenvalue weighted by Gasteiger charge is 2.16. The summed E-state index contributed by atoms with van der Waals surface area (Å²) >= 11 is 5.94. The van der Waals surface area contributed by atoms with Crippen molar-refractivity contribution in [2.75, 3.05) is 18.0 Å². The first kappa shape index (κ1) is 17.8. The second-order valence-electron chi connectivity index (χ2n) is 5.37. The first-order valence-corrected chi connectivity index (χ1v) is 8.25. The number of aromatic carboxylic acids is 1. The van der Waals surface area contributed by atoms with Gasteiger partial charge in [-0.15, -0.1) is 0 Å².